The Morgan fingerprint density at radius 2 is 1.76 bits per heavy atom. The van der Waals surface area contributed by atoms with Crippen LogP contribution in [0.25, 0.3) is 22.6 Å². The van der Waals surface area contributed by atoms with Gasteiger partial charge in [-0.3, -0.25) is 4.98 Å². The summed E-state index contributed by atoms with van der Waals surface area (Å²) in [5.41, 5.74) is -0.192. The van der Waals surface area contributed by atoms with E-state index in [9.17, 15) is 27.8 Å². The van der Waals surface area contributed by atoms with Gasteiger partial charge in [0.05, 0.1) is 21.7 Å². The Morgan fingerprint density at radius 1 is 1.07 bits per heavy atom. The van der Waals surface area contributed by atoms with E-state index in [1.165, 1.54) is 22.9 Å². The first-order chi connectivity index (χ1) is 13.2. The molecule has 29 heavy (non-hydrogen) atoms. The van der Waals surface area contributed by atoms with Crippen LogP contribution in [0, 0.1) is 0 Å². The van der Waals surface area contributed by atoms with E-state index in [0.29, 0.717) is 12.5 Å². The van der Waals surface area contributed by atoms with Crippen molar-refractivity contribution in [2.24, 2.45) is 0 Å². The molecule has 160 valence electrons. The molecule has 0 aliphatic carbocycles. The Morgan fingerprint density at radius 3 is 2.34 bits per heavy atom. The lowest BCUT2D eigenvalue weighted by Crippen LogP contribution is -2.10. The summed E-state index contributed by atoms with van der Waals surface area (Å²) in [6, 6.07) is 4.28. The van der Waals surface area contributed by atoms with Gasteiger partial charge in [0.1, 0.15) is 10.6 Å². The molecule has 0 fully saturated rings. The SMILES string of the molecule is CCCS(=O)(=O)c1cccnc1-c1nc2cc(S(F)(F)(F)(F)F)ccc2n1CC. The predicted octanol–water partition coefficient (Wildman–Crippen LogP) is 5.96. The van der Waals surface area contributed by atoms with Crippen molar-refractivity contribution in [1.29, 1.82) is 0 Å². The fourth-order valence-corrected chi connectivity index (χ4v) is 5.18. The number of aryl methyl sites for hydroxylation is 1. The van der Waals surface area contributed by atoms with E-state index < -0.39 is 25.0 Å². The lowest BCUT2D eigenvalue weighted by molar-refractivity contribution is 0.364. The van der Waals surface area contributed by atoms with Gasteiger partial charge in [0, 0.05) is 12.7 Å². The molecule has 1 aromatic carbocycles. The van der Waals surface area contributed by atoms with Crippen LogP contribution >= 0.6 is 10.2 Å². The second-order valence-corrected chi connectivity index (χ2v) is 11.0. The summed E-state index contributed by atoms with van der Waals surface area (Å²) in [5, 5.41) is 0. The molecule has 0 aliphatic rings. The number of halogens is 5. The summed E-state index contributed by atoms with van der Waals surface area (Å²) in [6.45, 7) is 3.58. The van der Waals surface area contributed by atoms with Gasteiger partial charge in [-0.2, -0.15) is 0 Å². The van der Waals surface area contributed by atoms with Crippen LogP contribution in [0.15, 0.2) is 46.3 Å². The third-order valence-electron chi connectivity index (χ3n) is 4.27. The Labute approximate surface area is 164 Å². The smallest absolute Gasteiger partial charge is 0.310 e. The summed E-state index contributed by atoms with van der Waals surface area (Å²) in [4.78, 5) is 5.96. The van der Waals surface area contributed by atoms with Crippen LogP contribution in [0.5, 0.6) is 0 Å². The maximum absolute atomic E-state index is 13.2. The Bertz CT molecular complexity index is 1210. The van der Waals surface area contributed by atoms with Gasteiger partial charge >= 0.3 is 10.2 Å². The van der Waals surface area contributed by atoms with E-state index >= 15 is 0 Å². The van der Waals surface area contributed by atoms with E-state index in [2.05, 4.69) is 9.97 Å². The zero-order chi connectivity index (χ0) is 21.7. The van der Waals surface area contributed by atoms with Crippen molar-refractivity contribution in [1.82, 2.24) is 14.5 Å². The van der Waals surface area contributed by atoms with Crippen molar-refractivity contribution in [3.8, 4) is 11.5 Å². The number of imidazole rings is 1. The maximum Gasteiger partial charge on any atom is 0.310 e. The van der Waals surface area contributed by atoms with E-state index in [1.54, 1.807) is 13.8 Å². The van der Waals surface area contributed by atoms with Crippen LogP contribution in [-0.2, 0) is 16.4 Å². The number of nitrogens with zero attached hydrogens (tertiary/aromatic N) is 3. The zero-order valence-electron chi connectivity index (χ0n) is 15.4. The van der Waals surface area contributed by atoms with Crippen molar-refractivity contribution in [3.63, 3.8) is 0 Å². The van der Waals surface area contributed by atoms with Crippen LogP contribution < -0.4 is 0 Å². The standard InChI is InChI=1S/C17H18F5N3O2S2/c1-3-10-28(26,27)15-6-5-9-23-16(15)17-24-13-11-12(29(18,19,20,21)22)7-8-14(13)25(17)4-2/h5-9,11H,3-4,10H2,1-2H3. The van der Waals surface area contributed by atoms with Crippen molar-refractivity contribution in [3.05, 3.63) is 36.5 Å². The number of rotatable bonds is 6. The third kappa shape index (κ3) is 4.08. The second kappa shape index (κ2) is 6.14. The third-order valence-corrected chi connectivity index (χ3v) is 7.36. The molecule has 0 aliphatic heterocycles. The molecule has 2 heterocycles. The second-order valence-electron chi connectivity index (χ2n) is 6.47. The van der Waals surface area contributed by atoms with Crippen molar-refractivity contribution in [2.75, 3.05) is 5.75 Å². The van der Waals surface area contributed by atoms with E-state index in [-0.39, 0.29) is 45.8 Å². The monoisotopic (exact) mass is 455 g/mol. The highest BCUT2D eigenvalue weighted by Crippen LogP contribution is 3.02. The van der Waals surface area contributed by atoms with Crippen LogP contribution in [0.4, 0.5) is 19.4 Å². The highest BCUT2D eigenvalue weighted by atomic mass is 32.5. The number of pyridine rings is 1. The van der Waals surface area contributed by atoms with Gasteiger partial charge in [0.25, 0.3) is 0 Å². The fourth-order valence-electron chi connectivity index (χ4n) is 3.04. The molecule has 5 nitrogen and oxygen atoms in total. The molecule has 0 saturated carbocycles. The zero-order valence-corrected chi connectivity index (χ0v) is 17.1. The van der Waals surface area contributed by atoms with Gasteiger partial charge < -0.3 is 4.57 Å². The number of fused-ring (bicyclic) bond motifs is 1. The summed E-state index contributed by atoms with van der Waals surface area (Å²) in [7, 11) is -13.6. The van der Waals surface area contributed by atoms with E-state index in [1.807, 2.05) is 0 Å². The molecule has 0 N–H and O–H groups in total. The molecule has 0 spiro atoms. The van der Waals surface area contributed by atoms with Gasteiger partial charge in [-0.25, -0.2) is 13.4 Å². The summed E-state index contributed by atoms with van der Waals surface area (Å²) in [6.07, 6.45) is 1.69. The topological polar surface area (TPSA) is 64.8 Å². The number of sulfone groups is 1. The molecule has 0 atom stereocenters. The number of aromatic nitrogens is 3. The molecular formula is C17H18F5N3O2S2. The fraction of sp³-hybridized carbons (Fsp3) is 0.294. The van der Waals surface area contributed by atoms with Crippen LogP contribution in [0.1, 0.15) is 20.3 Å². The van der Waals surface area contributed by atoms with E-state index in [4.69, 9.17) is 0 Å². The average molecular weight is 455 g/mol. The first-order valence-corrected chi connectivity index (χ1v) is 12.2. The maximum atomic E-state index is 13.2. The van der Waals surface area contributed by atoms with Crippen molar-refractivity contribution >= 4 is 31.1 Å². The van der Waals surface area contributed by atoms with Gasteiger partial charge in [0.2, 0.25) is 0 Å². The van der Waals surface area contributed by atoms with Gasteiger partial charge in [-0.15, -0.1) is 0 Å². The highest BCUT2D eigenvalue weighted by molar-refractivity contribution is 8.45. The van der Waals surface area contributed by atoms with Gasteiger partial charge in [-0.1, -0.05) is 26.4 Å². The van der Waals surface area contributed by atoms with Crippen LogP contribution in [0.2, 0.25) is 0 Å². The average Bonchev–Trinajstić information content (AvgIpc) is 2.97. The predicted molar refractivity (Wildman–Crippen MR) is 102 cm³/mol. The molecule has 12 heteroatoms. The molecular weight excluding hydrogens is 437 g/mol. The molecule has 2 aromatic heterocycles. The number of benzene rings is 1. The molecule has 0 radical (unpaired) electrons. The highest BCUT2D eigenvalue weighted by Gasteiger charge is 2.65. The lowest BCUT2D eigenvalue weighted by Gasteiger charge is -2.40. The first-order valence-electron chi connectivity index (χ1n) is 8.60. The molecule has 0 unspecified atom stereocenters. The Hall–Kier alpha value is -2.21. The summed E-state index contributed by atoms with van der Waals surface area (Å²) in [5.74, 6) is -0.149. The minimum atomic E-state index is -9.88. The normalized spacial score (nSPS) is 15.3. The van der Waals surface area contributed by atoms with Crippen LogP contribution in [0.3, 0.4) is 0 Å². The summed E-state index contributed by atoms with van der Waals surface area (Å²) >= 11 is 0. The minimum absolute atomic E-state index is 0.00270. The minimum Gasteiger partial charge on any atom is -0.323 e. The number of hydrogen-bond acceptors (Lipinski definition) is 4. The largest absolute Gasteiger partial charge is 0.323 e. The molecule has 3 aromatic rings. The van der Waals surface area contributed by atoms with Crippen LogP contribution in [-0.4, -0.2) is 28.7 Å². The van der Waals surface area contributed by atoms with Gasteiger partial charge in [-0.05, 0) is 43.7 Å². The molecule has 0 bridgehead atoms. The lowest BCUT2D eigenvalue weighted by atomic mass is 10.3. The molecule has 0 saturated heterocycles. The molecule has 3 rings (SSSR count). The van der Waals surface area contributed by atoms with Gasteiger partial charge in [0.15, 0.2) is 15.7 Å². The van der Waals surface area contributed by atoms with E-state index in [0.717, 1.165) is 6.07 Å². The number of hydrogen-bond donors (Lipinski definition) is 0. The first kappa shape index (κ1) is 21.5. The quantitative estimate of drug-likeness (QED) is 0.430. The molecule has 0 amide bonds. The summed E-state index contributed by atoms with van der Waals surface area (Å²) < 4.78 is 92.5. The Kier molecular flexibility index (Phi) is 4.55. The Balaban J connectivity index is 2.31. The van der Waals surface area contributed by atoms with Crippen molar-refractivity contribution < 1.29 is 27.8 Å². The van der Waals surface area contributed by atoms with Crippen molar-refractivity contribution in [2.45, 2.75) is 36.6 Å².